The fourth-order valence-electron chi connectivity index (χ4n) is 3.09. The van der Waals surface area contributed by atoms with Crippen molar-refractivity contribution in [2.75, 3.05) is 0 Å². The summed E-state index contributed by atoms with van der Waals surface area (Å²) in [5, 5.41) is 7.89. The van der Waals surface area contributed by atoms with E-state index in [0.717, 1.165) is 5.69 Å². The molecule has 1 aliphatic rings. The topological polar surface area (TPSA) is 83.8 Å². The molecule has 136 valence electrons. The molecule has 4 heterocycles. The summed E-state index contributed by atoms with van der Waals surface area (Å²) in [5.74, 6) is 0.00226. The molecule has 4 aromatic rings. The second kappa shape index (κ2) is 5.43. The van der Waals surface area contributed by atoms with Crippen LogP contribution in [-0.2, 0) is 6.42 Å². The zero-order chi connectivity index (χ0) is 18.6. The molecule has 5 rings (SSSR count). The Bertz CT molecular complexity index is 1130. The lowest BCUT2D eigenvalue weighted by Crippen LogP contribution is -2.17. The van der Waals surface area contributed by atoms with E-state index >= 15 is 0 Å². The van der Waals surface area contributed by atoms with Crippen molar-refractivity contribution in [3.05, 3.63) is 54.6 Å². The van der Waals surface area contributed by atoms with E-state index in [2.05, 4.69) is 25.0 Å². The molecule has 0 saturated carbocycles. The lowest BCUT2D eigenvalue weighted by atomic mass is 10.2. The van der Waals surface area contributed by atoms with Crippen LogP contribution in [0.5, 0.6) is 5.75 Å². The van der Waals surface area contributed by atoms with E-state index in [9.17, 15) is 13.2 Å². The van der Waals surface area contributed by atoms with Crippen molar-refractivity contribution in [1.29, 1.82) is 0 Å². The zero-order valence-electron chi connectivity index (χ0n) is 13.4. The van der Waals surface area contributed by atoms with E-state index in [0.29, 0.717) is 35.1 Å². The van der Waals surface area contributed by atoms with Crippen molar-refractivity contribution in [2.24, 2.45) is 0 Å². The Morgan fingerprint density at radius 1 is 1.15 bits per heavy atom. The molecule has 0 radical (unpaired) electrons. The Labute approximate surface area is 148 Å². The van der Waals surface area contributed by atoms with Gasteiger partial charge in [-0.3, -0.25) is 4.57 Å². The molecule has 3 aromatic heterocycles. The molecule has 1 aromatic carbocycles. The van der Waals surface area contributed by atoms with E-state index < -0.39 is 6.36 Å². The lowest BCUT2D eigenvalue weighted by Gasteiger charge is -2.13. The highest BCUT2D eigenvalue weighted by Crippen LogP contribution is 2.34. The first-order valence-electron chi connectivity index (χ1n) is 7.76. The molecule has 0 saturated heterocycles. The summed E-state index contributed by atoms with van der Waals surface area (Å²) in [6.07, 6.45) is 1.66. The monoisotopic (exact) mass is 374 g/mol. The molecule has 0 unspecified atom stereocenters. The average Bonchev–Trinajstić information content (AvgIpc) is 3.33. The second-order valence-corrected chi connectivity index (χ2v) is 5.76. The first kappa shape index (κ1) is 15.6. The third-order valence-corrected chi connectivity index (χ3v) is 4.14. The van der Waals surface area contributed by atoms with Gasteiger partial charge in [0, 0.05) is 12.5 Å². The quantitative estimate of drug-likeness (QED) is 0.472. The number of ether oxygens (including phenoxy) is 1. The molecule has 0 spiro atoms. The van der Waals surface area contributed by atoms with Crippen LogP contribution in [-0.4, -0.2) is 35.9 Å². The molecule has 1 aliphatic heterocycles. The molecule has 0 atom stereocenters. The van der Waals surface area contributed by atoms with Crippen molar-refractivity contribution >= 4 is 0 Å². The molecule has 0 aliphatic carbocycles. The Kier molecular flexibility index (Phi) is 3.14. The van der Waals surface area contributed by atoms with Gasteiger partial charge in [-0.2, -0.15) is 0 Å². The molecule has 8 nitrogen and oxygen atoms in total. The zero-order valence-corrected chi connectivity index (χ0v) is 13.4. The molecular formula is C16H9F3N6O2. The maximum absolute atomic E-state index is 12.6. The van der Waals surface area contributed by atoms with Crippen LogP contribution in [0.2, 0.25) is 0 Å². The van der Waals surface area contributed by atoms with E-state index in [4.69, 9.17) is 4.42 Å². The van der Waals surface area contributed by atoms with Gasteiger partial charge in [-0.25, -0.2) is 14.6 Å². The van der Waals surface area contributed by atoms with E-state index in [1.807, 2.05) is 0 Å². The minimum Gasteiger partial charge on any atom is -0.443 e. The van der Waals surface area contributed by atoms with Gasteiger partial charge in [-0.15, -0.1) is 18.3 Å². The van der Waals surface area contributed by atoms with Crippen LogP contribution in [0.3, 0.4) is 0 Å². The summed E-state index contributed by atoms with van der Waals surface area (Å²) >= 11 is 0. The summed E-state index contributed by atoms with van der Waals surface area (Å²) in [5.41, 5.74) is 2.93. The van der Waals surface area contributed by atoms with Crippen LogP contribution in [0, 0.1) is 0 Å². The number of hydrogen-bond donors (Lipinski definition) is 0. The first-order valence-corrected chi connectivity index (χ1v) is 7.76. The standard InChI is InChI=1S/C16H9F3N6O2/c17-16(18,19)27-10-1-2-11-12(6-10)25-9(7-22-23-25)5-13-14(21-8-24(11)13)15-20-3-4-26-15/h1-4,6-8H,5H2. The minimum absolute atomic E-state index is 0.348. The predicted octanol–water partition coefficient (Wildman–Crippen LogP) is 2.91. The number of benzene rings is 1. The van der Waals surface area contributed by atoms with Gasteiger partial charge in [0.1, 0.15) is 24.0 Å². The van der Waals surface area contributed by atoms with Crippen LogP contribution >= 0.6 is 0 Å². The third kappa shape index (κ3) is 2.55. The van der Waals surface area contributed by atoms with Gasteiger partial charge in [0.05, 0.1) is 35.2 Å². The summed E-state index contributed by atoms with van der Waals surface area (Å²) in [7, 11) is 0. The number of nitrogens with zero attached hydrogens (tertiary/aromatic N) is 6. The number of imidazole rings is 1. The summed E-state index contributed by atoms with van der Waals surface area (Å²) < 4.78 is 50.4. The third-order valence-electron chi connectivity index (χ3n) is 4.14. The van der Waals surface area contributed by atoms with Gasteiger partial charge in [0.25, 0.3) is 0 Å². The van der Waals surface area contributed by atoms with Crippen molar-refractivity contribution in [3.63, 3.8) is 0 Å². The maximum atomic E-state index is 12.6. The van der Waals surface area contributed by atoms with Gasteiger partial charge in [-0.1, -0.05) is 5.21 Å². The normalized spacial score (nSPS) is 12.9. The summed E-state index contributed by atoms with van der Waals surface area (Å²) in [4.78, 5) is 8.49. The SMILES string of the molecule is FC(F)(F)Oc1ccc2c(c1)-n1nncc1Cc1c(-c3ncco3)ncn1-2. The molecule has 0 amide bonds. The number of hydrogen-bond acceptors (Lipinski definition) is 6. The Morgan fingerprint density at radius 2 is 2.04 bits per heavy atom. The maximum Gasteiger partial charge on any atom is 0.573 e. The molecule has 0 N–H and O–H groups in total. The fraction of sp³-hybridized carbons (Fsp3) is 0.125. The molecule has 27 heavy (non-hydrogen) atoms. The van der Waals surface area contributed by atoms with Gasteiger partial charge >= 0.3 is 6.36 Å². The van der Waals surface area contributed by atoms with E-state index in [-0.39, 0.29) is 5.75 Å². The molecule has 11 heteroatoms. The first-order chi connectivity index (χ1) is 13.0. The van der Waals surface area contributed by atoms with E-state index in [1.165, 1.54) is 35.3 Å². The molecule has 0 bridgehead atoms. The van der Waals surface area contributed by atoms with Crippen molar-refractivity contribution in [2.45, 2.75) is 12.8 Å². The summed E-state index contributed by atoms with van der Waals surface area (Å²) in [6.45, 7) is 0. The summed E-state index contributed by atoms with van der Waals surface area (Å²) in [6, 6.07) is 4.02. The van der Waals surface area contributed by atoms with Crippen LogP contribution in [0.25, 0.3) is 23.0 Å². The van der Waals surface area contributed by atoms with Crippen LogP contribution in [0.4, 0.5) is 13.2 Å². The van der Waals surface area contributed by atoms with Crippen LogP contribution < -0.4 is 4.74 Å². The van der Waals surface area contributed by atoms with Crippen LogP contribution in [0.1, 0.15) is 11.4 Å². The number of oxazole rings is 1. The highest BCUT2D eigenvalue weighted by atomic mass is 19.4. The Morgan fingerprint density at radius 3 is 2.81 bits per heavy atom. The van der Waals surface area contributed by atoms with Gasteiger partial charge in [0.15, 0.2) is 0 Å². The van der Waals surface area contributed by atoms with Crippen molar-refractivity contribution in [3.8, 4) is 28.7 Å². The highest BCUT2D eigenvalue weighted by Gasteiger charge is 2.32. The predicted molar refractivity (Wildman–Crippen MR) is 83.5 cm³/mol. The van der Waals surface area contributed by atoms with Gasteiger partial charge < -0.3 is 9.15 Å². The van der Waals surface area contributed by atoms with E-state index in [1.54, 1.807) is 17.1 Å². The van der Waals surface area contributed by atoms with Gasteiger partial charge in [0.2, 0.25) is 5.89 Å². The molecular weight excluding hydrogens is 365 g/mol. The molecule has 0 fully saturated rings. The number of rotatable bonds is 2. The van der Waals surface area contributed by atoms with Crippen molar-refractivity contribution < 1.29 is 22.3 Å². The number of fused-ring (bicyclic) bond motifs is 5. The Balaban J connectivity index is 1.72. The minimum atomic E-state index is -4.79. The fourth-order valence-corrected chi connectivity index (χ4v) is 3.09. The smallest absolute Gasteiger partial charge is 0.443 e. The van der Waals surface area contributed by atoms with Crippen LogP contribution in [0.15, 0.2) is 47.6 Å². The average molecular weight is 374 g/mol. The largest absolute Gasteiger partial charge is 0.573 e. The highest BCUT2D eigenvalue weighted by molar-refractivity contribution is 5.62. The number of aromatic nitrogens is 6. The van der Waals surface area contributed by atoms with Crippen molar-refractivity contribution in [1.82, 2.24) is 29.5 Å². The lowest BCUT2D eigenvalue weighted by molar-refractivity contribution is -0.274. The Hall–Kier alpha value is -3.63. The number of alkyl halides is 3. The number of halogens is 3. The van der Waals surface area contributed by atoms with Gasteiger partial charge in [-0.05, 0) is 12.1 Å². The second-order valence-electron chi connectivity index (χ2n) is 5.76.